The smallest absolute Gasteiger partial charge is 0.325 e. The predicted molar refractivity (Wildman–Crippen MR) is 53.5 cm³/mol. The van der Waals surface area contributed by atoms with E-state index in [1.807, 2.05) is 5.32 Å². The number of likely N-dealkylation sites (N-methyl/N-ethyl adjacent to an activating group) is 1. The van der Waals surface area contributed by atoms with Crippen LogP contribution in [0.2, 0.25) is 0 Å². The van der Waals surface area contributed by atoms with Crippen molar-refractivity contribution in [3.63, 3.8) is 0 Å². The number of carbonyl (C=O) groups excluding carboxylic acids is 3. The van der Waals surface area contributed by atoms with Gasteiger partial charge in [-0.1, -0.05) is 0 Å². The molecule has 0 aromatic heterocycles. The number of carbonyl (C=O) groups is 3. The lowest BCUT2D eigenvalue weighted by Gasteiger charge is -2.15. The molecule has 0 unspecified atom stereocenters. The Labute approximate surface area is 92.5 Å². The third kappa shape index (κ3) is 5.90. The highest BCUT2D eigenvalue weighted by Gasteiger charge is 2.15. The second kappa shape index (κ2) is 7.05. The zero-order valence-corrected chi connectivity index (χ0v) is 9.34. The average molecular weight is 237 g/mol. The van der Waals surface area contributed by atoms with E-state index in [4.69, 9.17) is 11.6 Å². The maximum atomic E-state index is 11.2. The predicted octanol–water partition coefficient (Wildman–Crippen LogP) is -0.0437. The number of hydrogen-bond acceptors (Lipinski definition) is 4. The molecule has 0 bridgehead atoms. The molecule has 6 nitrogen and oxygen atoms in total. The number of amides is 3. The van der Waals surface area contributed by atoms with Crippen molar-refractivity contribution in [1.29, 1.82) is 0 Å². The van der Waals surface area contributed by atoms with Crippen LogP contribution in [0.1, 0.15) is 6.92 Å². The molecule has 0 aliphatic rings. The molecule has 3 amide bonds. The third-order valence-electron chi connectivity index (χ3n) is 1.39. The molecular weight excluding hydrogens is 224 g/mol. The molecule has 0 saturated carbocycles. The highest BCUT2D eigenvalue weighted by atomic mass is 35.5. The van der Waals surface area contributed by atoms with Gasteiger partial charge in [-0.15, -0.1) is 11.6 Å². The standard InChI is InChI=1S/C8H13ClN2O4/c1-3-15-7(13)5-11(2)8(14)10-6(12)4-9/h3-5H2,1-2H3,(H,10,12,14). The Bertz CT molecular complexity index is 257. The second-order valence-corrected chi connectivity index (χ2v) is 2.92. The van der Waals surface area contributed by atoms with Crippen molar-refractivity contribution in [2.45, 2.75) is 6.92 Å². The van der Waals surface area contributed by atoms with Crippen LogP contribution in [0.15, 0.2) is 0 Å². The molecule has 0 spiro atoms. The molecule has 0 aromatic rings. The van der Waals surface area contributed by atoms with E-state index in [0.717, 1.165) is 4.90 Å². The first kappa shape index (κ1) is 13.7. The maximum Gasteiger partial charge on any atom is 0.325 e. The molecule has 86 valence electrons. The van der Waals surface area contributed by atoms with Crippen LogP contribution in [-0.2, 0) is 14.3 Å². The van der Waals surface area contributed by atoms with E-state index in [9.17, 15) is 14.4 Å². The van der Waals surface area contributed by atoms with Crippen LogP contribution in [0.4, 0.5) is 4.79 Å². The van der Waals surface area contributed by atoms with Gasteiger partial charge in [-0.2, -0.15) is 0 Å². The fraction of sp³-hybridized carbons (Fsp3) is 0.625. The van der Waals surface area contributed by atoms with Crippen LogP contribution < -0.4 is 5.32 Å². The molecule has 0 heterocycles. The third-order valence-corrected chi connectivity index (χ3v) is 1.63. The SMILES string of the molecule is CCOC(=O)CN(C)C(=O)NC(=O)CCl. The van der Waals surface area contributed by atoms with Gasteiger partial charge in [-0.05, 0) is 6.92 Å². The summed E-state index contributed by atoms with van der Waals surface area (Å²) in [6.45, 7) is 1.69. The van der Waals surface area contributed by atoms with E-state index in [1.54, 1.807) is 6.92 Å². The van der Waals surface area contributed by atoms with Crippen LogP contribution in [-0.4, -0.2) is 48.9 Å². The van der Waals surface area contributed by atoms with Crippen molar-refractivity contribution in [2.75, 3.05) is 26.1 Å². The number of rotatable bonds is 4. The summed E-state index contributed by atoms with van der Waals surface area (Å²) in [7, 11) is 1.37. The van der Waals surface area contributed by atoms with E-state index in [0.29, 0.717) is 0 Å². The van der Waals surface area contributed by atoms with Gasteiger partial charge in [0, 0.05) is 7.05 Å². The number of hydrogen-bond donors (Lipinski definition) is 1. The summed E-state index contributed by atoms with van der Waals surface area (Å²) >= 11 is 5.18. The molecule has 0 aromatic carbocycles. The number of nitrogens with one attached hydrogen (secondary N) is 1. The van der Waals surface area contributed by atoms with E-state index in [1.165, 1.54) is 7.05 Å². The Morgan fingerprint density at radius 2 is 2.00 bits per heavy atom. The molecule has 0 aliphatic heterocycles. The first-order valence-electron chi connectivity index (χ1n) is 4.27. The van der Waals surface area contributed by atoms with Gasteiger partial charge < -0.3 is 9.64 Å². The molecular formula is C8H13ClN2O4. The minimum Gasteiger partial charge on any atom is -0.465 e. The van der Waals surface area contributed by atoms with Crippen molar-refractivity contribution in [1.82, 2.24) is 10.2 Å². The molecule has 1 N–H and O–H groups in total. The van der Waals surface area contributed by atoms with E-state index in [2.05, 4.69) is 4.74 Å². The lowest BCUT2D eigenvalue weighted by Crippen LogP contribution is -2.43. The van der Waals surface area contributed by atoms with Crippen LogP contribution >= 0.6 is 11.6 Å². The first-order chi connectivity index (χ1) is 7.01. The molecule has 0 aliphatic carbocycles. The largest absolute Gasteiger partial charge is 0.465 e. The fourth-order valence-corrected chi connectivity index (χ4v) is 0.787. The summed E-state index contributed by atoms with van der Waals surface area (Å²) in [5, 5.41) is 1.99. The number of ether oxygens (including phenoxy) is 1. The second-order valence-electron chi connectivity index (χ2n) is 2.65. The highest BCUT2D eigenvalue weighted by Crippen LogP contribution is 1.88. The van der Waals surface area contributed by atoms with Crippen LogP contribution in [0.3, 0.4) is 0 Å². The summed E-state index contributed by atoms with van der Waals surface area (Å²) in [4.78, 5) is 33.9. The number of alkyl halides is 1. The summed E-state index contributed by atoms with van der Waals surface area (Å²) in [6.07, 6.45) is 0. The van der Waals surface area contributed by atoms with E-state index >= 15 is 0 Å². The minimum absolute atomic E-state index is 0.213. The van der Waals surface area contributed by atoms with Crippen molar-refractivity contribution in [2.24, 2.45) is 0 Å². The van der Waals surface area contributed by atoms with Crippen LogP contribution in [0, 0.1) is 0 Å². The Hall–Kier alpha value is -1.30. The minimum atomic E-state index is -0.686. The summed E-state index contributed by atoms with van der Waals surface area (Å²) in [5.74, 6) is -1.45. The number of halogens is 1. The zero-order valence-electron chi connectivity index (χ0n) is 8.58. The molecule has 0 saturated heterocycles. The monoisotopic (exact) mass is 236 g/mol. The number of imide groups is 1. The molecule has 15 heavy (non-hydrogen) atoms. The van der Waals surface area contributed by atoms with Crippen molar-refractivity contribution < 1.29 is 19.1 Å². The van der Waals surface area contributed by atoms with Gasteiger partial charge in [0.05, 0.1) is 6.61 Å². The quantitative estimate of drug-likeness (QED) is 0.549. The van der Waals surface area contributed by atoms with E-state index < -0.39 is 17.9 Å². The maximum absolute atomic E-state index is 11.2. The van der Waals surface area contributed by atoms with Gasteiger partial charge in [0.15, 0.2) is 0 Å². The van der Waals surface area contributed by atoms with Crippen molar-refractivity contribution >= 4 is 29.5 Å². The molecule has 0 radical (unpaired) electrons. The number of nitrogens with zero attached hydrogens (tertiary/aromatic N) is 1. The summed E-state index contributed by atoms with van der Waals surface area (Å²) in [6, 6.07) is -0.686. The Balaban J connectivity index is 3.98. The van der Waals surface area contributed by atoms with Crippen molar-refractivity contribution in [3.05, 3.63) is 0 Å². The average Bonchev–Trinajstić information content (AvgIpc) is 2.17. The van der Waals surface area contributed by atoms with E-state index in [-0.39, 0.29) is 19.0 Å². The van der Waals surface area contributed by atoms with Gasteiger partial charge >= 0.3 is 12.0 Å². The summed E-state index contributed by atoms with van der Waals surface area (Å²) in [5.41, 5.74) is 0. The van der Waals surface area contributed by atoms with Gasteiger partial charge in [-0.3, -0.25) is 14.9 Å². The number of esters is 1. The molecule has 7 heteroatoms. The molecule has 0 rings (SSSR count). The van der Waals surface area contributed by atoms with Gasteiger partial charge in [0.1, 0.15) is 12.4 Å². The van der Waals surface area contributed by atoms with Crippen molar-refractivity contribution in [3.8, 4) is 0 Å². The Kier molecular flexibility index (Phi) is 6.44. The topological polar surface area (TPSA) is 75.7 Å². The normalized spacial score (nSPS) is 9.27. The lowest BCUT2D eigenvalue weighted by atomic mass is 10.5. The van der Waals surface area contributed by atoms with Crippen LogP contribution in [0.25, 0.3) is 0 Å². The van der Waals surface area contributed by atoms with Gasteiger partial charge in [0.2, 0.25) is 5.91 Å². The number of urea groups is 1. The zero-order chi connectivity index (χ0) is 11.8. The Morgan fingerprint density at radius 1 is 1.40 bits per heavy atom. The van der Waals surface area contributed by atoms with Gasteiger partial charge in [0.25, 0.3) is 0 Å². The van der Waals surface area contributed by atoms with Crippen LogP contribution in [0.5, 0.6) is 0 Å². The molecule has 0 fully saturated rings. The highest BCUT2D eigenvalue weighted by molar-refractivity contribution is 6.28. The van der Waals surface area contributed by atoms with Gasteiger partial charge in [-0.25, -0.2) is 4.79 Å². The first-order valence-corrected chi connectivity index (χ1v) is 4.81. The summed E-state index contributed by atoms with van der Waals surface area (Å²) < 4.78 is 4.62. The Morgan fingerprint density at radius 3 is 2.47 bits per heavy atom. The fourth-order valence-electron chi connectivity index (χ4n) is 0.720. The lowest BCUT2D eigenvalue weighted by molar-refractivity contribution is -0.143. The molecule has 0 atom stereocenters.